The third-order valence-electron chi connectivity index (χ3n) is 5.63. The molecule has 154 valence electrons. The summed E-state index contributed by atoms with van der Waals surface area (Å²) in [5.74, 6) is 1.17. The monoisotopic (exact) mass is 395 g/mol. The van der Waals surface area contributed by atoms with Gasteiger partial charge < -0.3 is 9.64 Å². The Morgan fingerprint density at radius 2 is 1.85 bits per heavy atom. The molecule has 0 bridgehead atoms. The second-order valence-electron chi connectivity index (χ2n) is 7.59. The number of nitrogens with zero attached hydrogens (tertiary/aromatic N) is 1. The summed E-state index contributed by atoms with van der Waals surface area (Å²) in [5, 5.41) is 0.718. The molecule has 3 nitrogen and oxygen atoms in total. The number of hydrogen-bond acceptors (Lipinski definition) is 3. The summed E-state index contributed by atoms with van der Waals surface area (Å²) in [6.45, 7) is 14.0. The molecule has 27 heavy (non-hydrogen) atoms. The zero-order chi connectivity index (χ0) is 20.4. The fourth-order valence-corrected chi connectivity index (χ4v) is 3.95. The van der Waals surface area contributed by atoms with Crippen molar-refractivity contribution in [2.45, 2.75) is 65.7 Å². The van der Waals surface area contributed by atoms with Crippen molar-refractivity contribution in [1.29, 1.82) is 0 Å². The Bertz CT molecular complexity index is 576. The first-order valence-corrected chi connectivity index (χ1v) is 10.8. The van der Waals surface area contributed by atoms with Crippen molar-refractivity contribution < 1.29 is 9.53 Å². The molecule has 0 aliphatic carbocycles. The van der Waals surface area contributed by atoms with Gasteiger partial charge in [0.15, 0.2) is 0 Å². The summed E-state index contributed by atoms with van der Waals surface area (Å²) in [6.07, 6.45) is 4.45. The lowest BCUT2D eigenvalue weighted by atomic mass is 9.69. The number of carbonyl (C=O) groups is 1. The summed E-state index contributed by atoms with van der Waals surface area (Å²) in [6, 6.07) is 5.88. The van der Waals surface area contributed by atoms with Crippen LogP contribution >= 0.6 is 11.6 Å². The average molecular weight is 396 g/mol. The maximum Gasteiger partial charge on any atom is 0.140 e. The predicted octanol–water partition coefficient (Wildman–Crippen LogP) is 5.66. The van der Waals surface area contributed by atoms with Crippen LogP contribution in [0.2, 0.25) is 5.02 Å². The molecule has 0 atom stereocenters. The molecule has 0 N–H and O–H groups in total. The molecule has 4 heteroatoms. The van der Waals surface area contributed by atoms with Gasteiger partial charge in [0.2, 0.25) is 0 Å². The van der Waals surface area contributed by atoms with Crippen LogP contribution in [0.4, 0.5) is 0 Å². The lowest BCUT2D eigenvalue weighted by Gasteiger charge is -2.40. The van der Waals surface area contributed by atoms with E-state index in [9.17, 15) is 4.79 Å². The van der Waals surface area contributed by atoms with Crippen LogP contribution in [-0.4, -0.2) is 44.0 Å². The molecule has 0 amide bonds. The molecule has 1 aromatic rings. The normalized spacial score (nSPS) is 19.1. The van der Waals surface area contributed by atoms with Gasteiger partial charge in [0.25, 0.3) is 0 Å². The van der Waals surface area contributed by atoms with Crippen LogP contribution in [0, 0.1) is 12.8 Å². The first kappa shape index (κ1) is 24.1. The highest BCUT2D eigenvalue weighted by molar-refractivity contribution is 6.30. The Labute approximate surface area is 171 Å². The third-order valence-corrected chi connectivity index (χ3v) is 5.87. The largest absolute Gasteiger partial charge is 0.381 e. The highest BCUT2D eigenvalue weighted by Crippen LogP contribution is 2.38. The van der Waals surface area contributed by atoms with Crippen molar-refractivity contribution in [3.63, 3.8) is 0 Å². The van der Waals surface area contributed by atoms with Crippen LogP contribution < -0.4 is 0 Å². The van der Waals surface area contributed by atoms with E-state index in [1.165, 1.54) is 18.4 Å². The number of carbonyl (C=O) groups excluding carboxylic acids is 1. The van der Waals surface area contributed by atoms with Gasteiger partial charge in [0.05, 0.1) is 18.6 Å². The van der Waals surface area contributed by atoms with Crippen LogP contribution in [0.25, 0.3) is 0 Å². The summed E-state index contributed by atoms with van der Waals surface area (Å²) in [7, 11) is 2.11. The Balaban J connectivity index is 0.000000338. The number of likely N-dealkylation sites (tertiary alicyclic amines) is 1. The molecule has 2 aliphatic rings. The maximum atomic E-state index is 12.2. The molecule has 2 heterocycles. The molecule has 0 saturated carbocycles. The van der Waals surface area contributed by atoms with Crippen molar-refractivity contribution in [2.24, 2.45) is 5.92 Å². The molecule has 1 aromatic carbocycles. The van der Waals surface area contributed by atoms with Gasteiger partial charge in [-0.05, 0) is 76.5 Å². The number of ether oxygens (including phenoxy) is 1. The number of rotatable bonds is 4. The number of benzene rings is 1. The van der Waals surface area contributed by atoms with Crippen molar-refractivity contribution in [1.82, 2.24) is 4.90 Å². The molecule has 0 radical (unpaired) electrons. The standard InChI is InChI=1S/C15H20ClNO.C6H12O.C2H6/c1-11-4-5-13(16)10-14(11)15(12(2)18)6-8-17(3)9-7-15;1-2-3-6-4-7-5-6;1-2/h4-5,10H,6-9H2,1-3H3;6H,2-5H2,1H3;1-2H3. The first-order chi connectivity index (χ1) is 12.9. The smallest absolute Gasteiger partial charge is 0.140 e. The minimum Gasteiger partial charge on any atom is -0.381 e. The number of piperidine rings is 1. The van der Waals surface area contributed by atoms with E-state index in [0.29, 0.717) is 0 Å². The van der Waals surface area contributed by atoms with Gasteiger partial charge in [-0.15, -0.1) is 0 Å². The van der Waals surface area contributed by atoms with Crippen LogP contribution in [0.1, 0.15) is 64.5 Å². The first-order valence-electron chi connectivity index (χ1n) is 10.4. The second-order valence-corrected chi connectivity index (χ2v) is 8.03. The Hall–Kier alpha value is -0.900. The Morgan fingerprint density at radius 3 is 2.26 bits per heavy atom. The molecule has 0 unspecified atom stereocenters. The van der Waals surface area contributed by atoms with Gasteiger partial charge in [0, 0.05) is 10.9 Å². The van der Waals surface area contributed by atoms with Gasteiger partial charge >= 0.3 is 0 Å². The molecule has 3 rings (SSSR count). The second kappa shape index (κ2) is 11.8. The van der Waals surface area contributed by atoms with E-state index < -0.39 is 0 Å². The van der Waals surface area contributed by atoms with Crippen molar-refractivity contribution in [3.05, 3.63) is 34.3 Å². The molecule has 2 fully saturated rings. The zero-order valence-corrected chi connectivity index (χ0v) is 18.9. The van der Waals surface area contributed by atoms with Crippen LogP contribution in [-0.2, 0) is 14.9 Å². The van der Waals surface area contributed by atoms with Crippen molar-refractivity contribution >= 4 is 17.4 Å². The highest BCUT2D eigenvalue weighted by Gasteiger charge is 2.40. The average Bonchev–Trinajstić information content (AvgIpc) is 2.63. The number of hydrogen-bond donors (Lipinski definition) is 0. The van der Waals surface area contributed by atoms with Gasteiger partial charge in [-0.1, -0.05) is 44.9 Å². The van der Waals surface area contributed by atoms with Crippen LogP contribution in [0.5, 0.6) is 0 Å². The van der Waals surface area contributed by atoms with E-state index in [1.54, 1.807) is 6.92 Å². The Morgan fingerprint density at radius 1 is 1.26 bits per heavy atom. The van der Waals surface area contributed by atoms with Gasteiger partial charge in [0.1, 0.15) is 5.78 Å². The lowest BCUT2D eigenvalue weighted by molar-refractivity contribution is -0.124. The SMILES string of the molecule is CC.CC(=O)C1(c2cc(Cl)ccc2C)CCN(C)CC1.CCCC1COC1. The topological polar surface area (TPSA) is 29.5 Å². The summed E-state index contributed by atoms with van der Waals surface area (Å²) in [4.78, 5) is 14.5. The number of Topliss-reactive ketones (excluding diaryl/α,β-unsaturated/α-hetero) is 1. The molecule has 0 spiro atoms. The summed E-state index contributed by atoms with van der Waals surface area (Å²) >= 11 is 6.11. The van der Waals surface area contributed by atoms with E-state index in [4.69, 9.17) is 16.3 Å². The van der Waals surface area contributed by atoms with E-state index in [0.717, 1.165) is 55.6 Å². The summed E-state index contributed by atoms with van der Waals surface area (Å²) in [5.41, 5.74) is 1.95. The van der Waals surface area contributed by atoms with Crippen molar-refractivity contribution in [2.75, 3.05) is 33.4 Å². The Kier molecular flexibility index (Phi) is 10.6. The van der Waals surface area contributed by atoms with Crippen molar-refractivity contribution in [3.8, 4) is 0 Å². The molecular formula is C23H38ClNO2. The molecule has 2 saturated heterocycles. The van der Waals surface area contributed by atoms with E-state index >= 15 is 0 Å². The fourth-order valence-electron chi connectivity index (χ4n) is 3.78. The van der Waals surface area contributed by atoms with E-state index in [2.05, 4.69) is 25.8 Å². The van der Waals surface area contributed by atoms with Crippen LogP contribution in [0.3, 0.4) is 0 Å². The molecule has 2 aliphatic heterocycles. The van der Waals surface area contributed by atoms with E-state index in [-0.39, 0.29) is 11.2 Å². The van der Waals surface area contributed by atoms with Gasteiger partial charge in [-0.3, -0.25) is 4.79 Å². The minimum atomic E-state index is -0.332. The minimum absolute atomic E-state index is 0.265. The molecule has 0 aromatic heterocycles. The highest BCUT2D eigenvalue weighted by atomic mass is 35.5. The number of ketones is 1. The predicted molar refractivity (Wildman–Crippen MR) is 116 cm³/mol. The van der Waals surface area contributed by atoms with E-state index in [1.807, 2.05) is 32.0 Å². The molecular weight excluding hydrogens is 358 g/mol. The maximum absolute atomic E-state index is 12.2. The number of halogens is 1. The zero-order valence-electron chi connectivity index (χ0n) is 18.1. The van der Waals surface area contributed by atoms with Gasteiger partial charge in [-0.2, -0.15) is 0 Å². The van der Waals surface area contributed by atoms with Gasteiger partial charge in [-0.25, -0.2) is 0 Å². The fraction of sp³-hybridized carbons (Fsp3) is 0.696. The number of aryl methyl sites for hydroxylation is 1. The lowest BCUT2D eigenvalue weighted by Crippen LogP contribution is -2.45. The third kappa shape index (κ3) is 6.58. The quantitative estimate of drug-likeness (QED) is 0.658. The van der Waals surface area contributed by atoms with Crippen LogP contribution in [0.15, 0.2) is 18.2 Å². The summed E-state index contributed by atoms with van der Waals surface area (Å²) < 4.78 is 4.99.